The van der Waals surface area contributed by atoms with Crippen molar-refractivity contribution in [3.63, 3.8) is 0 Å². The van der Waals surface area contributed by atoms with Crippen LogP contribution in [0, 0.1) is 0 Å². The minimum atomic E-state index is 0.462. The highest BCUT2D eigenvalue weighted by Crippen LogP contribution is 2.29. The molecule has 1 fully saturated rings. The first-order chi connectivity index (χ1) is 12.2. The number of nitrogen functional groups attached to an aromatic ring is 1. The maximum atomic E-state index is 6.19. The van der Waals surface area contributed by atoms with Gasteiger partial charge in [-0.25, -0.2) is 0 Å². The summed E-state index contributed by atoms with van der Waals surface area (Å²) >= 11 is 0. The number of fused-ring (bicyclic) bond motifs is 1. The van der Waals surface area contributed by atoms with Crippen LogP contribution >= 0.6 is 0 Å². The summed E-state index contributed by atoms with van der Waals surface area (Å²) in [5, 5.41) is 0. The fourth-order valence-corrected chi connectivity index (χ4v) is 3.19. The van der Waals surface area contributed by atoms with Gasteiger partial charge in [0.15, 0.2) is 0 Å². The molecule has 2 aromatic heterocycles. The van der Waals surface area contributed by atoms with E-state index in [-0.39, 0.29) is 0 Å². The fourth-order valence-electron chi connectivity index (χ4n) is 3.19. The summed E-state index contributed by atoms with van der Waals surface area (Å²) < 4.78 is 0. The predicted molar refractivity (Wildman–Crippen MR) is 100 cm³/mol. The zero-order chi connectivity index (χ0) is 17.2. The van der Waals surface area contributed by atoms with E-state index in [0.29, 0.717) is 17.3 Å². The number of likely N-dealkylation sites (tertiary alicyclic amines) is 1. The summed E-state index contributed by atoms with van der Waals surface area (Å²) in [5.74, 6) is 0.462. The topological polar surface area (TPSA) is 80.3 Å². The maximum Gasteiger partial charge on any atom is 0.104 e. The van der Waals surface area contributed by atoms with Crippen molar-refractivity contribution in [3.05, 3.63) is 54.1 Å². The number of rotatable bonds is 3. The molecule has 6 heteroatoms. The third kappa shape index (κ3) is 3.34. The standard InChI is InChI=1S/C19H20N6/c1-25-7-4-14(12-25)17-9-15(20)19(11-24-17)23-10-13-2-3-16-18(8-13)22-6-5-21-16/h2-3,5-6,8-11,14H,4,7,12H2,1H3,(H2,20,24). The summed E-state index contributed by atoms with van der Waals surface area (Å²) in [5.41, 5.74) is 11.3. The molecule has 6 nitrogen and oxygen atoms in total. The summed E-state index contributed by atoms with van der Waals surface area (Å²) in [4.78, 5) is 20.0. The number of pyridine rings is 1. The summed E-state index contributed by atoms with van der Waals surface area (Å²) in [6.45, 7) is 2.14. The molecular formula is C19H20N6. The number of hydrogen-bond acceptors (Lipinski definition) is 6. The van der Waals surface area contributed by atoms with Crippen molar-refractivity contribution < 1.29 is 0 Å². The molecule has 4 rings (SSSR count). The largest absolute Gasteiger partial charge is 0.397 e. The molecule has 1 aliphatic rings. The van der Waals surface area contributed by atoms with Gasteiger partial charge in [0.25, 0.3) is 0 Å². The lowest BCUT2D eigenvalue weighted by atomic mass is 10.0. The SMILES string of the molecule is CN1CCC(c2cc(N)c(N=Cc3ccc4nccnc4c3)cn2)C1. The van der Waals surface area contributed by atoms with Crippen molar-refractivity contribution in [1.29, 1.82) is 0 Å². The minimum absolute atomic E-state index is 0.462. The number of aliphatic imine (C=N–C) groups is 1. The van der Waals surface area contributed by atoms with Gasteiger partial charge in [0.1, 0.15) is 5.69 Å². The molecule has 126 valence electrons. The Bertz CT molecular complexity index is 936. The highest BCUT2D eigenvalue weighted by Gasteiger charge is 2.22. The Kier molecular flexibility index (Phi) is 4.11. The van der Waals surface area contributed by atoms with Crippen LogP contribution in [-0.4, -0.2) is 46.2 Å². The van der Waals surface area contributed by atoms with Crippen molar-refractivity contribution in [2.24, 2.45) is 4.99 Å². The third-order valence-electron chi connectivity index (χ3n) is 4.59. The second-order valence-electron chi connectivity index (χ2n) is 6.48. The molecule has 1 aliphatic heterocycles. The first kappa shape index (κ1) is 15.7. The lowest BCUT2D eigenvalue weighted by molar-refractivity contribution is 0.411. The van der Waals surface area contributed by atoms with Crippen molar-refractivity contribution in [3.8, 4) is 0 Å². The Labute approximate surface area is 146 Å². The van der Waals surface area contributed by atoms with Crippen LogP contribution in [0.15, 0.2) is 47.8 Å². The average Bonchev–Trinajstić information content (AvgIpc) is 3.07. The Hall–Kier alpha value is -2.86. The lowest BCUT2D eigenvalue weighted by Crippen LogP contribution is -2.13. The van der Waals surface area contributed by atoms with E-state index in [1.54, 1.807) is 24.8 Å². The van der Waals surface area contributed by atoms with Gasteiger partial charge in [-0.05, 0) is 43.8 Å². The summed E-state index contributed by atoms with van der Waals surface area (Å²) in [6.07, 6.45) is 8.05. The van der Waals surface area contributed by atoms with Gasteiger partial charge >= 0.3 is 0 Å². The van der Waals surface area contributed by atoms with Crippen molar-refractivity contribution in [2.75, 3.05) is 25.9 Å². The zero-order valence-corrected chi connectivity index (χ0v) is 14.1. The molecule has 3 aromatic rings. The second-order valence-corrected chi connectivity index (χ2v) is 6.48. The molecule has 1 aromatic carbocycles. The van der Waals surface area contributed by atoms with Gasteiger partial charge in [-0.1, -0.05) is 6.07 Å². The van der Waals surface area contributed by atoms with Gasteiger partial charge in [0.05, 0.1) is 22.9 Å². The monoisotopic (exact) mass is 332 g/mol. The molecule has 1 atom stereocenters. The number of benzene rings is 1. The van der Waals surface area contributed by atoms with Crippen LogP contribution in [0.3, 0.4) is 0 Å². The van der Waals surface area contributed by atoms with E-state index in [2.05, 4.69) is 31.9 Å². The van der Waals surface area contributed by atoms with Gasteiger partial charge in [0.2, 0.25) is 0 Å². The minimum Gasteiger partial charge on any atom is -0.397 e. The molecule has 25 heavy (non-hydrogen) atoms. The molecule has 1 saturated heterocycles. The molecule has 2 N–H and O–H groups in total. The van der Waals surface area contributed by atoms with Crippen LogP contribution < -0.4 is 5.73 Å². The summed E-state index contributed by atoms with van der Waals surface area (Å²) in [7, 11) is 2.13. The average molecular weight is 332 g/mol. The van der Waals surface area contributed by atoms with Gasteiger partial charge in [-0.15, -0.1) is 0 Å². The van der Waals surface area contributed by atoms with Crippen molar-refractivity contribution in [2.45, 2.75) is 12.3 Å². The van der Waals surface area contributed by atoms with Crippen molar-refractivity contribution >= 4 is 28.6 Å². The van der Waals surface area contributed by atoms with Crippen LogP contribution in [0.2, 0.25) is 0 Å². The first-order valence-electron chi connectivity index (χ1n) is 8.38. The van der Waals surface area contributed by atoms with Crippen LogP contribution in [0.25, 0.3) is 11.0 Å². The highest BCUT2D eigenvalue weighted by atomic mass is 15.1. The first-order valence-corrected chi connectivity index (χ1v) is 8.38. The number of aromatic nitrogens is 3. The molecule has 0 bridgehead atoms. The quantitative estimate of drug-likeness (QED) is 0.746. The number of hydrogen-bond donors (Lipinski definition) is 1. The number of nitrogens with zero attached hydrogens (tertiary/aromatic N) is 5. The fraction of sp³-hybridized carbons (Fsp3) is 0.263. The number of nitrogens with two attached hydrogens (primary N) is 1. The molecule has 0 amide bonds. The number of likely N-dealkylation sites (N-methyl/N-ethyl adjacent to an activating group) is 1. The van der Waals surface area contributed by atoms with E-state index in [4.69, 9.17) is 5.73 Å². The lowest BCUT2D eigenvalue weighted by Gasteiger charge is -2.11. The van der Waals surface area contributed by atoms with Crippen molar-refractivity contribution in [1.82, 2.24) is 19.9 Å². The molecular weight excluding hydrogens is 312 g/mol. The van der Waals surface area contributed by atoms with Gasteiger partial charge < -0.3 is 10.6 Å². The Balaban J connectivity index is 1.56. The molecule has 3 heterocycles. The van der Waals surface area contributed by atoms with Gasteiger partial charge in [-0.3, -0.25) is 19.9 Å². The van der Waals surface area contributed by atoms with E-state index in [1.807, 2.05) is 24.3 Å². The Morgan fingerprint density at radius 1 is 1.16 bits per heavy atom. The third-order valence-corrected chi connectivity index (χ3v) is 4.59. The zero-order valence-electron chi connectivity index (χ0n) is 14.1. The van der Waals surface area contributed by atoms with E-state index >= 15 is 0 Å². The maximum absolute atomic E-state index is 6.19. The molecule has 0 spiro atoms. The molecule has 0 saturated carbocycles. The normalized spacial score (nSPS) is 18.4. The van der Waals surface area contributed by atoms with Crippen LogP contribution in [0.5, 0.6) is 0 Å². The van der Waals surface area contributed by atoms with Gasteiger partial charge in [-0.2, -0.15) is 0 Å². The van der Waals surface area contributed by atoms with Gasteiger partial charge in [0, 0.05) is 36.8 Å². The van der Waals surface area contributed by atoms with E-state index in [1.165, 1.54) is 0 Å². The van der Waals surface area contributed by atoms with E-state index in [0.717, 1.165) is 41.8 Å². The summed E-state index contributed by atoms with van der Waals surface area (Å²) in [6, 6.07) is 7.82. The van der Waals surface area contributed by atoms with Crippen LogP contribution in [-0.2, 0) is 0 Å². The number of anilines is 1. The molecule has 0 radical (unpaired) electrons. The van der Waals surface area contributed by atoms with E-state index < -0.39 is 0 Å². The highest BCUT2D eigenvalue weighted by molar-refractivity contribution is 5.88. The molecule has 1 unspecified atom stereocenters. The van der Waals surface area contributed by atoms with Crippen LogP contribution in [0.4, 0.5) is 11.4 Å². The second kappa shape index (κ2) is 6.57. The predicted octanol–water partition coefficient (Wildman–Crippen LogP) is 2.78. The molecule has 0 aliphatic carbocycles. The van der Waals surface area contributed by atoms with Crippen LogP contribution in [0.1, 0.15) is 23.6 Å². The van der Waals surface area contributed by atoms with E-state index in [9.17, 15) is 0 Å². The smallest absolute Gasteiger partial charge is 0.104 e. The Morgan fingerprint density at radius 2 is 2.00 bits per heavy atom. The Morgan fingerprint density at radius 3 is 2.76 bits per heavy atom.